The monoisotopic (exact) mass is 423 g/mol. The van der Waals surface area contributed by atoms with E-state index in [-0.39, 0.29) is 24.3 Å². The highest BCUT2D eigenvalue weighted by atomic mass is 35.5. The smallest absolute Gasteiger partial charge is 0.332 e. The number of aromatic hydroxyl groups is 1. The predicted molar refractivity (Wildman–Crippen MR) is 102 cm³/mol. The van der Waals surface area contributed by atoms with E-state index in [9.17, 15) is 24.8 Å². The minimum absolute atomic E-state index is 0.102. The largest absolute Gasteiger partial charge is 0.508 e. The summed E-state index contributed by atoms with van der Waals surface area (Å²) in [6.07, 6.45) is 0.102. The first-order valence-electron chi connectivity index (χ1n) is 8.36. The number of rotatable bonds is 10. The molecule has 0 aliphatic heterocycles. The lowest BCUT2D eigenvalue weighted by atomic mass is 10.1. The topological polar surface area (TPSA) is 151 Å². The molecule has 0 saturated carbocycles. The number of phenols is 1. The summed E-state index contributed by atoms with van der Waals surface area (Å²) < 4.78 is 5.26. The number of carbonyl (C=O) groups excluding carboxylic acids is 1. The maximum Gasteiger partial charge on any atom is 0.332 e. The number of esters is 1. The van der Waals surface area contributed by atoms with Gasteiger partial charge in [-0.05, 0) is 53.6 Å². The van der Waals surface area contributed by atoms with Crippen molar-refractivity contribution in [1.82, 2.24) is 10.3 Å². The molecule has 11 heteroatoms. The molecule has 10 nitrogen and oxygen atoms in total. The molecule has 0 saturated heterocycles. The molecule has 2 atom stereocenters. The summed E-state index contributed by atoms with van der Waals surface area (Å²) >= 11 is 5.65. The fourth-order valence-corrected chi connectivity index (χ4v) is 2.63. The zero-order chi connectivity index (χ0) is 21.4. The van der Waals surface area contributed by atoms with Gasteiger partial charge < -0.3 is 14.9 Å². The Morgan fingerprint density at radius 3 is 2.03 bits per heavy atom. The van der Waals surface area contributed by atoms with Crippen molar-refractivity contribution in [2.75, 3.05) is 0 Å². The number of carbonyl (C=O) groups is 2. The standard InChI is InChI=1S/C18H18ClN3O7/c19-20-16(10-11-1-5-13(23)6-2-11)18(26)29-14-7-3-12(4-8-14)9-15(17(24)25)21-22(27)28/h1-8,15-16,20-21,23H,9-10H2,(H,24,25)/t15-,16-/m0/s1. The van der Waals surface area contributed by atoms with Gasteiger partial charge in [-0.15, -0.1) is 5.43 Å². The van der Waals surface area contributed by atoms with E-state index in [4.69, 9.17) is 21.6 Å². The van der Waals surface area contributed by atoms with Gasteiger partial charge in [0.05, 0.1) is 0 Å². The lowest BCUT2D eigenvalue weighted by Gasteiger charge is -2.14. The van der Waals surface area contributed by atoms with E-state index in [1.807, 2.05) is 0 Å². The molecular formula is C18H18ClN3O7. The zero-order valence-corrected chi connectivity index (χ0v) is 15.7. The van der Waals surface area contributed by atoms with Crippen molar-refractivity contribution in [3.63, 3.8) is 0 Å². The molecule has 154 valence electrons. The molecule has 0 spiro atoms. The summed E-state index contributed by atoms with van der Waals surface area (Å²) in [4.78, 5) is 36.2. The molecule has 0 aliphatic carbocycles. The molecule has 0 aliphatic rings. The zero-order valence-electron chi connectivity index (χ0n) is 14.9. The summed E-state index contributed by atoms with van der Waals surface area (Å²) in [6, 6.07) is 9.94. The third-order valence-electron chi connectivity index (χ3n) is 3.93. The van der Waals surface area contributed by atoms with Crippen LogP contribution in [-0.2, 0) is 22.4 Å². The van der Waals surface area contributed by atoms with Crippen LogP contribution in [0.5, 0.6) is 11.5 Å². The third-order valence-corrected chi connectivity index (χ3v) is 4.20. The first-order chi connectivity index (χ1) is 13.8. The van der Waals surface area contributed by atoms with Gasteiger partial charge in [0.25, 0.3) is 0 Å². The number of carboxylic acid groups (broad SMARTS) is 1. The number of hydrogen-bond donors (Lipinski definition) is 4. The summed E-state index contributed by atoms with van der Waals surface area (Å²) in [7, 11) is 0. The maximum atomic E-state index is 12.3. The fraction of sp³-hybridized carbons (Fsp3) is 0.222. The van der Waals surface area contributed by atoms with Crippen molar-refractivity contribution in [3.05, 3.63) is 69.8 Å². The van der Waals surface area contributed by atoms with E-state index in [1.165, 1.54) is 36.4 Å². The molecule has 0 bridgehead atoms. The molecule has 0 fully saturated rings. The van der Waals surface area contributed by atoms with Gasteiger partial charge in [0.15, 0.2) is 11.1 Å². The molecule has 0 heterocycles. The minimum Gasteiger partial charge on any atom is -0.508 e. The molecule has 0 radical (unpaired) electrons. The second kappa shape index (κ2) is 10.2. The Kier molecular flexibility index (Phi) is 7.75. The summed E-state index contributed by atoms with van der Waals surface area (Å²) in [5, 5.41) is 27.9. The van der Waals surface area contributed by atoms with Crippen LogP contribution in [-0.4, -0.2) is 39.3 Å². The van der Waals surface area contributed by atoms with E-state index in [0.29, 0.717) is 5.56 Å². The quantitative estimate of drug-likeness (QED) is 0.146. The van der Waals surface area contributed by atoms with Crippen molar-refractivity contribution in [2.24, 2.45) is 0 Å². The number of hydrogen-bond acceptors (Lipinski definition) is 7. The number of carboxylic acids is 1. The van der Waals surface area contributed by atoms with Crippen LogP contribution in [0.1, 0.15) is 11.1 Å². The van der Waals surface area contributed by atoms with Crippen molar-refractivity contribution in [1.29, 1.82) is 0 Å². The normalized spacial score (nSPS) is 12.6. The average Bonchev–Trinajstić information content (AvgIpc) is 2.68. The lowest BCUT2D eigenvalue weighted by Crippen LogP contribution is -2.41. The summed E-state index contributed by atoms with van der Waals surface area (Å²) in [5.41, 5.74) is 2.98. The summed E-state index contributed by atoms with van der Waals surface area (Å²) in [6.45, 7) is 0. The third kappa shape index (κ3) is 6.94. The Morgan fingerprint density at radius 2 is 1.55 bits per heavy atom. The number of halogens is 1. The molecule has 29 heavy (non-hydrogen) atoms. The second-order valence-electron chi connectivity index (χ2n) is 6.08. The molecule has 2 aromatic rings. The fourth-order valence-electron chi connectivity index (χ4n) is 2.47. The van der Waals surface area contributed by atoms with Gasteiger partial charge in [0.2, 0.25) is 0 Å². The number of nitro groups is 1. The second-order valence-corrected chi connectivity index (χ2v) is 6.30. The van der Waals surface area contributed by atoms with Crippen LogP contribution in [0, 0.1) is 10.1 Å². The molecule has 0 unspecified atom stereocenters. The van der Waals surface area contributed by atoms with Crippen LogP contribution in [0.4, 0.5) is 0 Å². The highest BCUT2D eigenvalue weighted by molar-refractivity contribution is 6.14. The van der Waals surface area contributed by atoms with E-state index in [0.717, 1.165) is 5.56 Å². The number of phenolic OH excluding ortho intramolecular Hbond substituents is 1. The number of ether oxygens (including phenoxy) is 1. The van der Waals surface area contributed by atoms with Crippen LogP contribution < -0.4 is 15.0 Å². The van der Waals surface area contributed by atoms with Gasteiger partial charge in [-0.2, -0.15) is 0 Å². The van der Waals surface area contributed by atoms with Crippen LogP contribution in [0.25, 0.3) is 0 Å². The van der Waals surface area contributed by atoms with Crippen molar-refractivity contribution in [2.45, 2.75) is 24.9 Å². The van der Waals surface area contributed by atoms with E-state index < -0.39 is 29.1 Å². The maximum absolute atomic E-state index is 12.3. The van der Waals surface area contributed by atoms with Crippen LogP contribution in [0.2, 0.25) is 0 Å². The molecule has 2 aromatic carbocycles. The van der Waals surface area contributed by atoms with Gasteiger partial charge in [-0.25, -0.2) is 24.5 Å². The Morgan fingerprint density at radius 1 is 1.03 bits per heavy atom. The van der Waals surface area contributed by atoms with Crippen molar-refractivity contribution >= 4 is 23.7 Å². The molecule has 2 rings (SSSR count). The van der Waals surface area contributed by atoms with Crippen LogP contribution in [0.3, 0.4) is 0 Å². The molecule has 0 aromatic heterocycles. The van der Waals surface area contributed by atoms with Gasteiger partial charge in [0.1, 0.15) is 17.5 Å². The molecule has 4 N–H and O–H groups in total. The highest BCUT2D eigenvalue weighted by Gasteiger charge is 2.23. The molecule has 0 amide bonds. The Balaban J connectivity index is 1.98. The number of benzene rings is 2. The number of nitrogens with one attached hydrogen (secondary N) is 2. The van der Waals surface area contributed by atoms with Crippen molar-refractivity contribution in [3.8, 4) is 11.5 Å². The van der Waals surface area contributed by atoms with E-state index in [1.54, 1.807) is 17.6 Å². The van der Waals surface area contributed by atoms with Gasteiger partial charge in [0, 0.05) is 6.42 Å². The Hall–Kier alpha value is -3.37. The van der Waals surface area contributed by atoms with Gasteiger partial charge >= 0.3 is 11.9 Å². The SMILES string of the molecule is O=C(O)[C@H](Cc1ccc(OC(=O)[C@H](Cc2ccc(O)cc2)NCl)cc1)N[N+](=O)[O-]. The first-order valence-corrected chi connectivity index (χ1v) is 8.74. The summed E-state index contributed by atoms with van der Waals surface area (Å²) in [5.74, 6) is -1.69. The molecular weight excluding hydrogens is 406 g/mol. The highest BCUT2D eigenvalue weighted by Crippen LogP contribution is 2.16. The van der Waals surface area contributed by atoms with E-state index >= 15 is 0 Å². The van der Waals surface area contributed by atoms with Gasteiger partial charge in [-0.3, -0.25) is 0 Å². The Labute approximate surface area is 170 Å². The Bertz CT molecular complexity index is 859. The van der Waals surface area contributed by atoms with Crippen LogP contribution >= 0.6 is 11.8 Å². The first kappa shape index (κ1) is 21.9. The lowest BCUT2D eigenvalue weighted by molar-refractivity contribution is -0.548. The number of nitrogens with zero attached hydrogens (tertiary/aromatic N) is 1. The predicted octanol–water partition coefficient (Wildman–Crippen LogP) is 1.43. The number of hydrazine groups is 1. The average molecular weight is 424 g/mol. The van der Waals surface area contributed by atoms with Crippen LogP contribution in [0.15, 0.2) is 48.5 Å². The minimum atomic E-state index is -1.39. The van der Waals surface area contributed by atoms with E-state index in [2.05, 4.69) is 4.84 Å². The van der Waals surface area contributed by atoms with Crippen molar-refractivity contribution < 1.29 is 29.6 Å². The number of aliphatic carboxylic acids is 1. The van der Waals surface area contributed by atoms with Gasteiger partial charge in [-0.1, -0.05) is 24.3 Å².